The van der Waals surface area contributed by atoms with E-state index in [-0.39, 0.29) is 0 Å². The number of aromatic nitrogens is 1. The van der Waals surface area contributed by atoms with Gasteiger partial charge in [0.05, 0.1) is 0 Å². The van der Waals surface area contributed by atoms with Crippen LogP contribution in [0.2, 0.25) is 0 Å². The topological polar surface area (TPSA) is 45.4 Å². The van der Waals surface area contributed by atoms with Crippen LogP contribution in [0.4, 0.5) is 5.82 Å². The molecule has 0 aromatic carbocycles. The van der Waals surface area contributed by atoms with E-state index in [1.54, 1.807) is 0 Å². The molecule has 0 saturated carbocycles. The molecule has 0 aliphatic carbocycles. The van der Waals surface area contributed by atoms with Gasteiger partial charge in [0, 0.05) is 25.3 Å². The van der Waals surface area contributed by atoms with Crippen molar-refractivity contribution in [1.29, 1.82) is 0 Å². The zero-order valence-electron chi connectivity index (χ0n) is 11.6. The summed E-state index contributed by atoms with van der Waals surface area (Å²) in [5, 5.41) is 0. The van der Waals surface area contributed by atoms with Gasteiger partial charge in [-0.05, 0) is 44.6 Å². The fourth-order valence-electron chi connectivity index (χ4n) is 2.86. The van der Waals surface area contributed by atoms with Crippen molar-refractivity contribution in [2.45, 2.75) is 19.4 Å². The van der Waals surface area contributed by atoms with E-state index in [4.69, 9.17) is 5.73 Å². The minimum Gasteiger partial charge on any atom is -0.354 e. The predicted molar refractivity (Wildman–Crippen MR) is 75.8 cm³/mol. The molecule has 0 bridgehead atoms. The molecule has 2 N–H and O–H groups in total. The third-order valence-electron chi connectivity index (χ3n) is 3.82. The van der Waals surface area contributed by atoms with E-state index in [0.29, 0.717) is 18.5 Å². The molecule has 2 unspecified atom stereocenters. The highest BCUT2D eigenvalue weighted by Gasteiger charge is 2.32. The average molecular weight is 248 g/mol. The molecule has 100 valence electrons. The lowest BCUT2D eigenvalue weighted by Gasteiger charge is -2.23. The van der Waals surface area contributed by atoms with Crippen LogP contribution in [0, 0.1) is 5.92 Å². The lowest BCUT2D eigenvalue weighted by molar-refractivity contribution is 0.266. The average Bonchev–Trinajstić information content (AvgIpc) is 2.72. The number of nitrogens with two attached hydrogens (primary N) is 1. The number of rotatable bonds is 4. The van der Waals surface area contributed by atoms with Crippen molar-refractivity contribution in [3.05, 3.63) is 23.9 Å². The Morgan fingerprint density at radius 3 is 2.83 bits per heavy atom. The highest BCUT2D eigenvalue weighted by molar-refractivity contribution is 5.48. The van der Waals surface area contributed by atoms with Crippen LogP contribution in [-0.4, -0.2) is 49.7 Å². The molecule has 4 nitrogen and oxygen atoms in total. The minimum atomic E-state index is 0.609. The lowest BCUT2D eigenvalue weighted by atomic mass is 10.1. The van der Waals surface area contributed by atoms with E-state index in [2.05, 4.69) is 41.9 Å². The van der Waals surface area contributed by atoms with Gasteiger partial charge in [-0.15, -0.1) is 0 Å². The summed E-state index contributed by atoms with van der Waals surface area (Å²) in [5.41, 5.74) is 6.95. The first kappa shape index (κ1) is 13.3. The summed E-state index contributed by atoms with van der Waals surface area (Å²) in [6.45, 7) is 5.13. The summed E-state index contributed by atoms with van der Waals surface area (Å²) >= 11 is 0. The van der Waals surface area contributed by atoms with Gasteiger partial charge in [0.1, 0.15) is 5.82 Å². The van der Waals surface area contributed by atoms with Gasteiger partial charge in [0.25, 0.3) is 0 Å². The second kappa shape index (κ2) is 5.67. The largest absolute Gasteiger partial charge is 0.354 e. The number of likely N-dealkylation sites (N-methyl/N-ethyl adjacent to an activating group) is 1. The van der Waals surface area contributed by atoms with Crippen LogP contribution in [0.25, 0.3) is 0 Å². The maximum atomic E-state index is 5.68. The van der Waals surface area contributed by atoms with E-state index in [1.807, 2.05) is 12.3 Å². The maximum Gasteiger partial charge on any atom is 0.131 e. The van der Waals surface area contributed by atoms with Crippen molar-refractivity contribution < 1.29 is 0 Å². The highest BCUT2D eigenvalue weighted by atomic mass is 15.3. The van der Waals surface area contributed by atoms with Crippen molar-refractivity contribution in [3.63, 3.8) is 0 Å². The molecule has 0 amide bonds. The number of hydrogen-bond donors (Lipinski definition) is 1. The summed E-state index contributed by atoms with van der Waals surface area (Å²) in [5.74, 6) is 1.80. The first-order chi connectivity index (χ1) is 8.63. The molecule has 2 heterocycles. The third kappa shape index (κ3) is 2.65. The van der Waals surface area contributed by atoms with Gasteiger partial charge in [0.15, 0.2) is 0 Å². The van der Waals surface area contributed by atoms with E-state index in [1.165, 1.54) is 5.56 Å². The highest BCUT2D eigenvalue weighted by Crippen LogP contribution is 2.27. The molecule has 1 saturated heterocycles. The van der Waals surface area contributed by atoms with Crippen LogP contribution >= 0.6 is 0 Å². The molecule has 0 spiro atoms. The SMILES string of the molecule is CC1CN(c2ncccc2CCN)CC1N(C)C. The van der Waals surface area contributed by atoms with E-state index in [9.17, 15) is 0 Å². The van der Waals surface area contributed by atoms with Gasteiger partial charge >= 0.3 is 0 Å². The van der Waals surface area contributed by atoms with Gasteiger partial charge in [-0.1, -0.05) is 13.0 Å². The summed E-state index contributed by atoms with van der Waals surface area (Å²) in [6, 6.07) is 4.75. The number of hydrogen-bond acceptors (Lipinski definition) is 4. The lowest BCUT2D eigenvalue weighted by Crippen LogP contribution is -2.34. The van der Waals surface area contributed by atoms with Crippen molar-refractivity contribution in [1.82, 2.24) is 9.88 Å². The Morgan fingerprint density at radius 2 is 2.22 bits per heavy atom. The fraction of sp³-hybridized carbons (Fsp3) is 0.643. The van der Waals surface area contributed by atoms with Crippen LogP contribution in [-0.2, 0) is 6.42 Å². The molecule has 2 rings (SSSR count). The fourth-order valence-corrected chi connectivity index (χ4v) is 2.86. The Balaban J connectivity index is 2.18. The number of anilines is 1. The quantitative estimate of drug-likeness (QED) is 0.862. The molecule has 4 heteroatoms. The van der Waals surface area contributed by atoms with Crippen LogP contribution < -0.4 is 10.6 Å². The molecule has 0 radical (unpaired) electrons. The predicted octanol–water partition coefficient (Wildman–Crippen LogP) is 0.969. The summed E-state index contributed by atoms with van der Waals surface area (Å²) in [7, 11) is 4.31. The third-order valence-corrected chi connectivity index (χ3v) is 3.82. The second-order valence-electron chi connectivity index (χ2n) is 5.44. The molecule has 2 atom stereocenters. The summed E-state index contributed by atoms with van der Waals surface area (Å²) in [6.07, 6.45) is 2.78. The Morgan fingerprint density at radius 1 is 1.44 bits per heavy atom. The zero-order valence-corrected chi connectivity index (χ0v) is 11.6. The van der Waals surface area contributed by atoms with Crippen molar-refractivity contribution in [3.8, 4) is 0 Å². The van der Waals surface area contributed by atoms with E-state index < -0.39 is 0 Å². The Labute approximate surface area is 110 Å². The van der Waals surface area contributed by atoms with Crippen molar-refractivity contribution in [2.75, 3.05) is 38.6 Å². The molecule has 1 fully saturated rings. The number of pyridine rings is 1. The second-order valence-corrected chi connectivity index (χ2v) is 5.44. The summed E-state index contributed by atoms with van der Waals surface area (Å²) < 4.78 is 0. The van der Waals surface area contributed by atoms with Gasteiger partial charge in [-0.25, -0.2) is 4.98 Å². The van der Waals surface area contributed by atoms with Crippen LogP contribution in [0.15, 0.2) is 18.3 Å². The Hall–Kier alpha value is -1.13. The Kier molecular flexibility index (Phi) is 4.19. The van der Waals surface area contributed by atoms with Crippen LogP contribution in [0.1, 0.15) is 12.5 Å². The van der Waals surface area contributed by atoms with Crippen molar-refractivity contribution in [2.24, 2.45) is 11.7 Å². The summed E-state index contributed by atoms with van der Waals surface area (Å²) in [4.78, 5) is 9.28. The molecular weight excluding hydrogens is 224 g/mol. The minimum absolute atomic E-state index is 0.609. The molecule has 18 heavy (non-hydrogen) atoms. The van der Waals surface area contributed by atoms with Gasteiger partial charge in [-0.3, -0.25) is 0 Å². The first-order valence-corrected chi connectivity index (χ1v) is 6.68. The molecule has 1 aliphatic rings. The first-order valence-electron chi connectivity index (χ1n) is 6.68. The number of nitrogens with zero attached hydrogens (tertiary/aromatic N) is 3. The Bertz CT molecular complexity index is 391. The smallest absolute Gasteiger partial charge is 0.131 e. The standard InChI is InChI=1S/C14H24N4/c1-11-9-18(10-13(11)17(2)3)14-12(6-7-15)5-4-8-16-14/h4-5,8,11,13H,6-7,9-10,15H2,1-3H3. The molecule has 1 aromatic rings. The van der Waals surface area contributed by atoms with E-state index in [0.717, 1.165) is 25.3 Å². The van der Waals surface area contributed by atoms with Crippen LogP contribution in [0.5, 0.6) is 0 Å². The van der Waals surface area contributed by atoms with Crippen molar-refractivity contribution >= 4 is 5.82 Å². The molecular formula is C14H24N4. The zero-order chi connectivity index (χ0) is 13.1. The van der Waals surface area contributed by atoms with Crippen LogP contribution in [0.3, 0.4) is 0 Å². The monoisotopic (exact) mass is 248 g/mol. The van der Waals surface area contributed by atoms with Gasteiger partial charge in [-0.2, -0.15) is 0 Å². The van der Waals surface area contributed by atoms with Gasteiger partial charge in [0.2, 0.25) is 0 Å². The normalized spacial score (nSPS) is 23.9. The maximum absolute atomic E-state index is 5.68. The molecule has 1 aromatic heterocycles. The van der Waals surface area contributed by atoms with E-state index >= 15 is 0 Å². The van der Waals surface area contributed by atoms with Gasteiger partial charge < -0.3 is 15.5 Å². The molecule has 1 aliphatic heterocycles.